The molecule has 0 bridgehead atoms. The molecule has 1 aliphatic carbocycles. The van der Waals surface area contributed by atoms with Crippen LogP contribution in [0.1, 0.15) is 37.7 Å². The highest BCUT2D eigenvalue weighted by atomic mass is 79.9. The topological polar surface area (TPSA) is 40.5 Å². The number of anilines is 1. The molecule has 112 valence electrons. The van der Waals surface area contributed by atoms with Gasteiger partial charge in [0, 0.05) is 28.8 Å². The van der Waals surface area contributed by atoms with Crippen LogP contribution in [-0.2, 0) is 4.79 Å². The van der Waals surface area contributed by atoms with Gasteiger partial charge in [-0.3, -0.25) is 0 Å². The van der Waals surface area contributed by atoms with E-state index >= 15 is 0 Å². The highest BCUT2D eigenvalue weighted by Gasteiger charge is 2.35. The van der Waals surface area contributed by atoms with Crippen molar-refractivity contribution in [3.8, 4) is 0 Å². The number of hydrogen-bond acceptors (Lipinski definition) is 2. The van der Waals surface area contributed by atoms with Gasteiger partial charge in [-0.15, -0.1) is 0 Å². The Labute approximate surface area is 133 Å². The van der Waals surface area contributed by atoms with Crippen molar-refractivity contribution in [2.45, 2.75) is 38.1 Å². The third kappa shape index (κ3) is 3.15. The van der Waals surface area contributed by atoms with Crippen molar-refractivity contribution in [2.75, 3.05) is 11.4 Å². The number of carboxylic acids is 1. The van der Waals surface area contributed by atoms with E-state index in [4.69, 9.17) is 5.11 Å². The summed E-state index contributed by atoms with van der Waals surface area (Å²) in [6.07, 6.45) is 9.50. The molecule has 0 aromatic heterocycles. The first-order chi connectivity index (χ1) is 10.1. The second-order valence-corrected chi connectivity index (χ2v) is 6.83. The fourth-order valence-electron chi connectivity index (χ4n) is 3.77. The van der Waals surface area contributed by atoms with Gasteiger partial charge in [-0.25, -0.2) is 4.79 Å². The van der Waals surface area contributed by atoms with Crippen molar-refractivity contribution >= 4 is 33.7 Å². The number of nitrogens with zero attached hydrogens (tertiary/aromatic N) is 1. The largest absolute Gasteiger partial charge is 0.478 e. The van der Waals surface area contributed by atoms with Gasteiger partial charge in [0.05, 0.1) is 0 Å². The Kier molecular flexibility index (Phi) is 4.34. The maximum atomic E-state index is 10.6. The lowest BCUT2D eigenvalue weighted by atomic mass is 9.91. The molecule has 0 amide bonds. The second kappa shape index (κ2) is 6.22. The number of piperidine rings is 1. The standard InChI is InChI=1S/C17H20BrNO2/c18-15-11-14(8-6-12(15)7-9-17(20)21)19-10-2-4-13-3-1-5-16(13)19/h6-9,11,13,16H,1-5,10H2,(H,20,21)/b9-7+. The lowest BCUT2D eigenvalue weighted by molar-refractivity contribution is -0.131. The Morgan fingerprint density at radius 1 is 1.29 bits per heavy atom. The highest BCUT2D eigenvalue weighted by molar-refractivity contribution is 9.10. The first kappa shape index (κ1) is 14.6. The predicted octanol–water partition coefficient (Wildman–Crippen LogP) is 4.32. The Hall–Kier alpha value is -1.29. The first-order valence-corrected chi connectivity index (χ1v) is 8.41. The maximum absolute atomic E-state index is 10.6. The van der Waals surface area contributed by atoms with Crippen molar-refractivity contribution < 1.29 is 9.90 Å². The van der Waals surface area contributed by atoms with Crippen LogP contribution in [0.4, 0.5) is 5.69 Å². The van der Waals surface area contributed by atoms with Crippen LogP contribution in [-0.4, -0.2) is 23.7 Å². The number of halogens is 1. The molecule has 4 heteroatoms. The van der Waals surface area contributed by atoms with Crippen LogP contribution >= 0.6 is 15.9 Å². The van der Waals surface area contributed by atoms with Gasteiger partial charge in [0.15, 0.2) is 0 Å². The molecule has 0 radical (unpaired) electrons. The highest BCUT2D eigenvalue weighted by Crippen LogP contribution is 2.39. The lowest BCUT2D eigenvalue weighted by Gasteiger charge is -2.39. The third-order valence-electron chi connectivity index (χ3n) is 4.71. The summed E-state index contributed by atoms with van der Waals surface area (Å²) in [6.45, 7) is 1.14. The molecule has 1 aliphatic heterocycles. The molecule has 2 aliphatic rings. The summed E-state index contributed by atoms with van der Waals surface area (Å²) >= 11 is 3.57. The molecule has 21 heavy (non-hydrogen) atoms. The average molecular weight is 350 g/mol. The summed E-state index contributed by atoms with van der Waals surface area (Å²) in [5.74, 6) is -0.0556. The van der Waals surface area contributed by atoms with Crippen LogP contribution in [0.2, 0.25) is 0 Å². The SMILES string of the molecule is O=C(O)/C=C/c1ccc(N2CCCC3CCCC32)cc1Br. The normalized spacial score (nSPS) is 25.3. The molecule has 0 spiro atoms. The number of carbonyl (C=O) groups is 1. The van der Waals surface area contributed by atoms with Crippen molar-refractivity contribution in [1.29, 1.82) is 0 Å². The van der Waals surface area contributed by atoms with E-state index in [1.165, 1.54) is 43.9 Å². The summed E-state index contributed by atoms with van der Waals surface area (Å²) in [6, 6.07) is 6.94. The van der Waals surface area contributed by atoms with Crippen molar-refractivity contribution in [3.05, 3.63) is 34.3 Å². The van der Waals surface area contributed by atoms with Crippen LogP contribution in [0.15, 0.2) is 28.7 Å². The van der Waals surface area contributed by atoms with Crippen LogP contribution in [0.5, 0.6) is 0 Å². The Morgan fingerprint density at radius 3 is 2.86 bits per heavy atom. The van der Waals surface area contributed by atoms with Gasteiger partial charge < -0.3 is 10.0 Å². The molecule has 2 atom stereocenters. The summed E-state index contributed by atoms with van der Waals surface area (Å²) in [5, 5.41) is 8.72. The summed E-state index contributed by atoms with van der Waals surface area (Å²) < 4.78 is 0.956. The average Bonchev–Trinajstić information content (AvgIpc) is 2.94. The Balaban J connectivity index is 1.82. The molecule has 2 unspecified atom stereocenters. The zero-order valence-corrected chi connectivity index (χ0v) is 13.6. The molecule has 1 heterocycles. The number of rotatable bonds is 3. The van der Waals surface area contributed by atoms with Crippen molar-refractivity contribution in [3.63, 3.8) is 0 Å². The van der Waals surface area contributed by atoms with Crippen LogP contribution < -0.4 is 4.90 Å². The maximum Gasteiger partial charge on any atom is 0.328 e. The number of fused-ring (bicyclic) bond motifs is 1. The molecule has 3 nitrogen and oxygen atoms in total. The number of benzene rings is 1. The molecule has 1 aromatic carbocycles. The fourth-order valence-corrected chi connectivity index (χ4v) is 4.26. The van der Waals surface area contributed by atoms with Crippen LogP contribution in [0.3, 0.4) is 0 Å². The van der Waals surface area contributed by atoms with Gasteiger partial charge in [0.2, 0.25) is 0 Å². The predicted molar refractivity (Wildman–Crippen MR) is 88.5 cm³/mol. The van der Waals surface area contributed by atoms with Gasteiger partial charge in [0.1, 0.15) is 0 Å². The smallest absolute Gasteiger partial charge is 0.328 e. The van der Waals surface area contributed by atoms with Crippen LogP contribution in [0.25, 0.3) is 6.08 Å². The summed E-state index contributed by atoms with van der Waals surface area (Å²) in [5.41, 5.74) is 2.16. The van der Waals surface area contributed by atoms with Crippen LogP contribution in [0, 0.1) is 5.92 Å². The van der Waals surface area contributed by atoms with E-state index in [0.29, 0.717) is 6.04 Å². The van der Waals surface area contributed by atoms with E-state index in [1.807, 2.05) is 6.07 Å². The van der Waals surface area contributed by atoms with E-state index < -0.39 is 5.97 Å². The Bertz CT molecular complexity index is 570. The third-order valence-corrected chi connectivity index (χ3v) is 5.40. The number of carboxylic acid groups (broad SMARTS) is 1. The summed E-state index contributed by atoms with van der Waals surface area (Å²) in [4.78, 5) is 13.2. The van der Waals surface area contributed by atoms with Crippen molar-refractivity contribution in [1.82, 2.24) is 0 Å². The van der Waals surface area contributed by atoms with Gasteiger partial charge in [-0.1, -0.05) is 28.4 Å². The number of aliphatic carboxylic acids is 1. The molecule has 3 rings (SSSR count). The van der Waals surface area contributed by atoms with Gasteiger partial charge in [-0.05, 0) is 55.4 Å². The molecule has 1 saturated heterocycles. The Morgan fingerprint density at radius 2 is 2.10 bits per heavy atom. The minimum absolute atomic E-state index is 0.700. The molecule has 1 N–H and O–H groups in total. The van der Waals surface area contributed by atoms with Gasteiger partial charge in [-0.2, -0.15) is 0 Å². The second-order valence-electron chi connectivity index (χ2n) is 5.97. The molecule has 2 fully saturated rings. The quantitative estimate of drug-likeness (QED) is 0.826. The zero-order chi connectivity index (χ0) is 14.8. The molecule has 1 aromatic rings. The molecular formula is C17H20BrNO2. The number of hydrogen-bond donors (Lipinski definition) is 1. The van der Waals surface area contributed by atoms with E-state index in [2.05, 4.69) is 33.0 Å². The van der Waals surface area contributed by atoms with E-state index in [0.717, 1.165) is 22.5 Å². The van der Waals surface area contributed by atoms with Crippen molar-refractivity contribution in [2.24, 2.45) is 5.92 Å². The lowest BCUT2D eigenvalue weighted by Crippen LogP contribution is -2.42. The van der Waals surface area contributed by atoms with E-state index in [1.54, 1.807) is 6.08 Å². The van der Waals surface area contributed by atoms with Gasteiger partial charge >= 0.3 is 5.97 Å². The van der Waals surface area contributed by atoms with Gasteiger partial charge in [0.25, 0.3) is 0 Å². The van der Waals surface area contributed by atoms with E-state index in [-0.39, 0.29) is 0 Å². The molecule has 1 saturated carbocycles. The zero-order valence-electron chi connectivity index (χ0n) is 12.0. The first-order valence-electron chi connectivity index (χ1n) is 7.62. The summed E-state index contributed by atoms with van der Waals surface area (Å²) in [7, 11) is 0. The fraction of sp³-hybridized carbons (Fsp3) is 0.471. The minimum Gasteiger partial charge on any atom is -0.478 e. The molecular weight excluding hydrogens is 330 g/mol. The minimum atomic E-state index is -0.921. The monoisotopic (exact) mass is 349 g/mol. The van der Waals surface area contributed by atoms with E-state index in [9.17, 15) is 4.79 Å².